The third-order valence-electron chi connectivity index (χ3n) is 3.21. The summed E-state index contributed by atoms with van der Waals surface area (Å²) in [6, 6.07) is 11.8. The van der Waals surface area contributed by atoms with Gasteiger partial charge in [0.25, 0.3) is 5.91 Å². The number of carboxylic acid groups (broad SMARTS) is 1. The molecule has 2 aromatic rings. The Morgan fingerprint density at radius 3 is 2.33 bits per heavy atom. The average Bonchev–Trinajstić information content (AvgIpc) is 2.48. The monoisotopic (exact) mass is 285 g/mol. The largest absolute Gasteiger partial charge is 0.508 e. The molecular formula is C16H15NO4. The van der Waals surface area contributed by atoms with Gasteiger partial charge in [-0.1, -0.05) is 36.4 Å². The number of carbonyl (C=O) groups is 2. The van der Waals surface area contributed by atoms with Crippen LogP contribution in [0, 0.1) is 6.92 Å². The number of rotatable bonds is 4. The number of phenols is 1. The molecule has 0 saturated carbocycles. The van der Waals surface area contributed by atoms with Gasteiger partial charge < -0.3 is 15.5 Å². The van der Waals surface area contributed by atoms with Gasteiger partial charge in [0.2, 0.25) is 0 Å². The number of phenolic OH excluding ortho intramolecular Hbond substituents is 1. The van der Waals surface area contributed by atoms with E-state index in [1.807, 2.05) is 0 Å². The zero-order chi connectivity index (χ0) is 15.4. The van der Waals surface area contributed by atoms with Crippen LogP contribution >= 0.6 is 0 Å². The Morgan fingerprint density at radius 2 is 1.71 bits per heavy atom. The number of amides is 1. The van der Waals surface area contributed by atoms with Crippen LogP contribution in [0.3, 0.4) is 0 Å². The summed E-state index contributed by atoms with van der Waals surface area (Å²) in [5.41, 5.74) is 1.14. The molecule has 0 heterocycles. The van der Waals surface area contributed by atoms with E-state index in [9.17, 15) is 19.8 Å². The fraction of sp³-hybridized carbons (Fsp3) is 0.125. The molecule has 0 bridgehead atoms. The predicted octanol–water partition coefficient (Wildman–Crippen LogP) is 2.26. The minimum atomic E-state index is -1.15. The number of carbonyl (C=O) groups excluding carboxylic acids is 1. The fourth-order valence-electron chi connectivity index (χ4n) is 2.01. The van der Waals surface area contributed by atoms with E-state index >= 15 is 0 Å². The number of hydrogen-bond acceptors (Lipinski definition) is 3. The van der Waals surface area contributed by atoms with Gasteiger partial charge in [-0.05, 0) is 24.6 Å². The first-order valence-electron chi connectivity index (χ1n) is 6.38. The molecule has 108 valence electrons. The van der Waals surface area contributed by atoms with Gasteiger partial charge in [-0.25, -0.2) is 4.79 Å². The molecule has 1 unspecified atom stereocenters. The second-order valence-electron chi connectivity index (χ2n) is 4.61. The van der Waals surface area contributed by atoms with Gasteiger partial charge in [0.05, 0.1) is 0 Å². The maximum atomic E-state index is 12.2. The molecule has 0 aliphatic carbocycles. The number of hydrogen-bond donors (Lipinski definition) is 3. The smallest absolute Gasteiger partial charge is 0.330 e. The van der Waals surface area contributed by atoms with Gasteiger partial charge in [0.15, 0.2) is 6.04 Å². The average molecular weight is 285 g/mol. The van der Waals surface area contributed by atoms with Crippen LogP contribution in [-0.4, -0.2) is 22.1 Å². The number of aliphatic carboxylic acids is 1. The lowest BCUT2D eigenvalue weighted by Crippen LogP contribution is -2.34. The minimum Gasteiger partial charge on any atom is -0.508 e. The summed E-state index contributed by atoms with van der Waals surface area (Å²) >= 11 is 0. The normalized spacial score (nSPS) is 11.7. The van der Waals surface area contributed by atoms with E-state index < -0.39 is 17.9 Å². The Hall–Kier alpha value is -2.82. The van der Waals surface area contributed by atoms with E-state index in [2.05, 4.69) is 5.32 Å². The zero-order valence-electron chi connectivity index (χ0n) is 11.4. The molecule has 5 heteroatoms. The first-order valence-corrected chi connectivity index (χ1v) is 6.38. The van der Waals surface area contributed by atoms with E-state index in [0.29, 0.717) is 11.1 Å². The highest BCUT2D eigenvalue weighted by molar-refractivity contribution is 5.98. The van der Waals surface area contributed by atoms with Crippen molar-refractivity contribution < 1.29 is 19.8 Å². The van der Waals surface area contributed by atoms with Gasteiger partial charge >= 0.3 is 5.97 Å². The first kappa shape index (κ1) is 14.6. The Labute approximate surface area is 121 Å². The molecule has 0 radical (unpaired) electrons. The summed E-state index contributed by atoms with van der Waals surface area (Å²) < 4.78 is 0. The maximum Gasteiger partial charge on any atom is 0.330 e. The van der Waals surface area contributed by atoms with Crippen molar-refractivity contribution in [3.8, 4) is 5.75 Å². The number of nitrogens with one attached hydrogen (secondary N) is 1. The van der Waals surface area contributed by atoms with E-state index in [0.717, 1.165) is 0 Å². The van der Waals surface area contributed by atoms with Gasteiger partial charge in [-0.2, -0.15) is 0 Å². The summed E-state index contributed by atoms with van der Waals surface area (Å²) in [5, 5.41) is 21.4. The Kier molecular flexibility index (Phi) is 4.23. The summed E-state index contributed by atoms with van der Waals surface area (Å²) in [4.78, 5) is 23.6. The molecule has 2 aromatic carbocycles. The number of aromatic hydroxyl groups is 1. The van der Waals surface area contributed by atoms with Crippen LogP contribution in [0.25, 0.3) is 0 Å². The van der Waals surface area contributed by atoms with E-state index in [1.165, 1.54) is 18.2 Å². The molecule has 2 rings (SSSR count). The fourth-order valence-corrected chi connectivity index (χ4v) is 2.01. The lowest BCUT2D eigenvalue weighted by Gasteiger charge is -2.16. The molecule has 0 spiro atoms. The van der Waals surface area contributed by atoms with Crippen LogP contribution < -0.4 is 5.32 Å². The summed E-state index contributed by atoms with van der Waals surface area (Å²) in [7, 11) is 0. The van der Waals surface area contributed by atoms with Gasteiger partial charge in [0.1, 0.15) is 5.75 Å². The lowest BCUT2D eigenvalue weighted by molar-refractivity contribution is -0.139. The number of benzene rings is 2. The van der Waals surface area contributed by atoms with E-state index in [4.69, 9.17) is 0 Å². The highest BCUT2D eigenvalue weighted by Crippen LogP contribution is 2.21. The second-order valence-corrected chi connectivity index (χ2v) is 4.61. The summed E-state index contributed by atoms with van der Waals surface area (Å²) in [6.07, 6.45) is 0. The van der Waals surface area contributed by atoms with Gasteiger partial charge in [0, 0.05) is 11.1 Å². The van der Waals surface area contributed by atoms with Crippen molar-refractivity contribution in [1.29, 1.82) is 0 Å². The van der Waals surface area contributed by atoms with Crippen molar-refractivity contribution >= 4 is 11.9 Å². The molecule has 0 saturated heterocycles. The van der Waals surface area contributed by atoms with Gasteiger partial charge in [-0.15, -0.1) is 0 Å². The molecule has 5 nitrogen and oxygen atoms in total. The molecular weight excluding hydrogens is 270 g/mol. The van der Waals surface area contributed by atoms with Crippen LogP contribution in [0.15, 0.2) is 48.5 Å². The standard InChI is InChI=1S/C16H15NO4/c1-10-12(8-5-9-13(10)18)15(19)17-14(16(20)21)11-6-3-2-4-7-11/h2-9,14,18H,1H3,(H,17,19)(H,20,21). The molecule has 0 aliphatic rings. The van der Waals surface area contributed by atoms with Crippen LogP contribution in [0.5, 0.6) is 5.75 Å². The Morgan fingerprint density at radius 1 is 1.05 bits per heavy atom. The van der Waals surface area contributed by atoms with Crippen LogP contribution in [0.2, 0.25) is 0 Å². The zero-order valence-corrected chi connectivity index (χ0v) is 11.4. The summed E-state index contributed by atoms with van der Waals surface area (Å²) in [6.45, 7) is 1.60. The van der Waals surface area contributed by atoms with Crippen LogP contribution in [0.1, 0.15) is 27.5 Å². The number of carboxylic acids is 1. The third kappa shape index (κ3) is 3.20. The van der Waals surface area contributed by atoms with Crippen molar-refractivity contribution in [2.75, 3.05) is 0 Å². The highest BCUT2D eigenvalue weighted by atomic mass is 16.4. The molecule has 0 aromatic heterocycles. The lowest BCUT2D eigenvalue weighted by atomic mass is 10.0. The van der Waals surface area contributed by atoms with Crippen molar-refractivity contribution in [1.82, 2.24) is 5.32 Å². The maximum absolute atomic E-state index is 12.2. The highest BCUT2D eigenvalue weighted by Gasteiger charge is 2.23. The van der Waals surface area contributed by atoms with Crippen molar-refractivity contribution in [2.45, 2.75) is 13.0 Å². The molecule has 0 aliphatic heterocycles. The Balaban J connectivity index is 2.28. The van der Waals surface area contributed by atoms with Crippen LogP contribution in [-0.2, 0) is 4.79 Å². The quantitative estimate of drug-likeness (QED) is 0.804. The SMILES string of the molecule is Cc1c(O)cccc1C(=O)NC(C(=O)O)c1ccccc1. The molecule has 1 amide bonds. The Bertz CT molecular complexity index is 667. The van der Waals surface area contributed by atoms with Gasteiger partial charge in [-0.3, -0.25) is 4.79 Å². The third-order valence-corrected chi connectivity index (χ3v) is 3.21. The second kappa shape index (κ2) is 6.09. The minimum absolute atomic E-state index is 0.00534. The molecule has 3 N–H and O–H groups in total. The molecule has 0 fully saturated rings. The summed E-state index contributed by atoms with van der Waals surface area (Å²) in [5.74, 6) is -1.69. The van der Waals surface area contributed by atoms with E-state index in [1.54, 1.807) is 37.3 Å². The molecule has 21 heavy (non-hydrogen) atoms. The topological polar surface area (TPSA) is 86.6 Å². The van der Waals surface area contributed by atoms with Crippen molar-refractivity contribution in [3.63, 3.8) is 0 Å². The van der Waals surface area contributed by atoms with Crippen LogP contribution in [0.4, 0.5) is 0 Å². The molecule has 1 atom stereocenters. The first-order chi connectivity index (χ1) is 10.0. The van der Waals surface area contributed by atoms with Crippen molar-refractivity contribution in [3.05, 3.63) is 65.2 Å². The van der Waals surface area contributed by atoms with E-state index in [-0.39, 0.29) is 11.3 Å². The van der Waals surface area contributed by atoms with Crippen molar-refractivity contribution in [2.24, 2.45) is 0 Å². The predicted molar refractivity (Wildman–Crippen MR) is 77.1 cm³/mol.